The lowest BCUT2D eigenvalue weighted by Crippen LogP contribution is -2.37. The average Bonchev–Trinajstić information content (AvgIpc) is 3.34. The number of hydrogen-bond acceptors (Lipinski definition) is 6. The zero-order chi connectivity index (χ0) is 18.0. The summed E-state index contributed by atoms with van der Waals surface area (Å²) in [5.41, 5.74) is 8.39. The number of allylic oxidation sites excluding steroid dienone is 1. The van der Waals surface area contributed by atoms with E-state index >= 15 is 0 Å². The van der Waals surface area contributed by atoms with Gasteiger partial charge in [-0.25, -0.2) is 0 Å². The van der Waals surface area contributed by atoms with Gasteiger partial charge in [0.05, 0.1) is 17.7 Å². The number of hydrogen-bond donors (Lipinski definition) is 3. The normalized spacial score (nSPS) is 20.8. The molecular weight excluding hydrogens is 314 g/mol. The second kappa shape index (κ2) is 6.88. The number of nitrogens with two attached hydrogens (primary N) is 1. The number of nitrogen functional groups attached to an aromatic ring is 1. The first kappa shape index (κ1) is 17.5. The van der Waals surface area contributed by atoms with Crippen LogP contribution in [0.5, 0.6) is 5.75 Å². The van der Waals surface area contributed by atoms with Crippen LogP contribution in [0.15, 0.2) is 35.0 Å². The number of benzene rings is 1. The first-order valence-electron chi connectivity index (χ1n) is 8.87. The molecule has 1 saturated carbocycles. The number of nitrogens with zero attached hydrogens (tertiary/aromatic N) is 2. The number of aliphatic imine (C=N–C) groups is 1. The van der Waals surface area contributed by atoms with Gasteiger partial charge < -0.3 is 15.8 Å². The van der Waals surface area contributed by atoms with Crippen LogP contribution in [0.1, 0.15) is 39.2 Å². The molecule has 0 radical (unpaired) electrons. The van der Waals surface area contributed by atoms with E-state index < -0.39 is 0 Å². The maximum absolute atomic E-state index is 8.61. The van der Waals surface area contributed by atoms with Gasteiger partial charge in [0.2, 0.25) is 0 Å². The SMILES string of the molecule is CCN(CC)C1C=C(C(=N)c2cc(OC3(C)CC3)ccc2N)NC=N1. The minimum absolute atomic E-state index is 0.0571. The zero-order valence-corrected chi connectivity index (χ0v) is 15.2. The van der Waals surface area contributed by atoms with Crippen LogP contribution in [0, 0.1) is 5.41 Å². The molecule has 1 aliphatic carbocycles. The van der Waals surface area contributed by atoms with E-state index in [1.807, 2.05) is 24.3 Å². The molecule has 6 heteroatoms. The molecule has 0 bridgehead atoms. The predicted molar refractivity (Wildman–Crippen MR) is 102 cm³/mol. The molecule has 1 aliphatic heterocycles. The summed E-state index contributed by atoms with van der Waals surface area (Å²) in [6.45, 7) is 8.12. The van der Waals surface area contributed by atoms with Crippen LogP contribution < -0.4 is 15.8 Å². The number of likely N-dealkylation sites (N-methyl/N-ethyl adjacent to an activating group) is 1. The number of anilines is 1. The second-order valence-corrected chi connectivity index (χ2v) is 6.81. The van der Waals surface area contributed by atoms with Gasteiger partial charge >= 0.3 is 0 Å². The molecular formula is C19H27N5O. The zero-order valence-electron chi connectivity index (χ0n) is 15.2. The largest absolute Gasteiger partial charge is 0.488 e. The molecule has 0 saturated heterocycles. The quantitative estimate of drug-likeness (QED) is 0.526. The smallest absolute Gasteiger partial charge is 0.125 e. The Hall–Kier alpha value is -2.34. The summed E-state index contributed by atoms with van der Waals surface area (Å²) in [6.07, 6.45) is 5.72. The van der Waals surface area contributed by atoms with Gasteiger partial charge in [0.1, 0.15) is 17.5 Å². The van der Waals surface area contributed by atoms with Gasteiger partial charge in [-0.3, -0.25) is 15.3 Å². The molecule has 1 aromatic carbocycles. The molecule has 6 nitrogen and oxygen atoms in total. The summed E-state index contributed by atoms with van der Waals surface area (Å²) in [7, 11) is 0. The highest BCUT2D eigenvalue weighted by atomic mass is 16.5. The number of ether oxygens (including phenoxy) is 1. The minimum Gasteiger partial charge on any atom is -0.488 e. The van der Waals surface area contributed by atoms with E-state index in [1.165, 1.54) is 0 Å². The lowest BCUT2D eigenvalue weighted by atomic mass is 10.0. The van der Waals surface area contributed by atoms with Crippen molar-refractivity contribution in [2.45, 2.75) is 45.4 Å². The predicted octanol–water partition coefficient (Wildman–Crippen LogP) is 2.75. The van der Waals surface area contributed by atoms with E-state index in [1.54, 1.807) is 6.34 Å². The van der Waals surface area contributed by atoms with Crippen LogP contribution in [0.4, 0.5) is 5.69 Å². The average molecular weight is 341 g/mol. The molecule has 1 heterocycles. The molecule has 3 rings (SSSR count). The summed E-state index contributed by atoms with van der Waals surface area (Å²) in [4.78, 5) is 6.68. The summed E-state index contributed by atoms with van der Waals surface area (Å²) in [5, 5.41) is 11.7. The van der Waals surface area contributed by atoms with Crippen molar-refractivity contribution < 1.29 is 4.74 Å². The second-order valence-electron chi connectivity index (χ2n) is 6.81. The molecule has 2 aliphatic rings. The molecule has 1 atom stereocenters. The summed E-state index contributed by atoms with van der Waals surface area (Å²) in [5.74, 6) is 0.763. The summed E-state index contributed by atoms with van der Waals surface area (Å²) < 4.78 is 6.01. The van der Waals surface area contributed by atoms with Crippen LogP contribution in [-0.2, 0) is 0 Å². The third-order valence-electron chi connectivity index (χ3n) is 4.83. The van der Waals surface area contributed by atoms with E-state index in [0.717, 1.165) is 31.7 Å². The van der Waals surface area contributed by atoms with E-state index in [4.69, 9.17) is 15.9 Å². The highest BCUT2D eigenvalue weighted by molar-refractivity contribution is 6.14. The van der Waals surface area contributed by atoms with Crippen molar-refractivity contribution in [3.05, 3.63) is 35.5 Å². The van der Waals surface area contributed by atoms with Crippen LogP contribution in [0.3, 0.4) is 0 Å². The number of rotatable bonds is 7. The van der Waals surface area contributed by atoms with Crippen molar-refractivity contribution in [3.63, 3.8) is 0 Å². The van der Waals surface area contributed by atoms with Crippen LogP contribution >= 0.6 is 0 Å². The van der Waals surface area contributed by atoms with Crippen LogP contribution in [0.25, 0.3) is 0 Å². The summed E-state index contributed by atoms with van der Waals surface area (Å²) >= 11 is 0. The molecule has 4 N–H and O–H groups in total. The molecule has 134 valence electrons. The van der Waals surface area contributed by atoms with Gasteiger partial charge in [-0.1, -0.05) is 13.8 Å². The van der Waals surface area contributed by atoms with Crippen LogP contribution in [0.2, 0.25) is 0 Å². The fraction of sp³-hybridized carbons (Fsp3) is 0.474. The van der Waals surface area contributed by atoms with Crippen molar-refractivity contribution in [2.24, 2.45) is 4.99 Å². The van der Waals surface area contributed by atoms with Gasteiger partial charge in [0.25, 0.3) is 0 Å². The molecule has 25 heavy (non-hydrogen) atoms. The fourth-order valence-electron chi connectivity index (χ4n) is 2.90. The highest BCUT2D eigenvalue weighted by Crippen LogP contribution is 2.40. The Kier molecular flexibility index (Phi) is 4.81. The first-order chi connectivity index (χ1) is 12.0. The molecule has 1 fully saturated rings. The molecule has 0 amide bonds. The third kappa shape index (κ3) is 3.85. The standard InChI is InChI=1S/C19H27N5O/c1-4-24(5-2)17-11-16(22-12-23-17)18(21)14-10-13(6-7-15(14)20)25-19(3)8-9-19/h6-7,10-12,17,21H,4-5,8-9,20H2,1-3H3,(H,22,23). The first-order valence-corrected chi connectivity index (χ1v) is 8.87. The van der Waals surface area contributed by atoms with Crippen molar-refractivity contribution in [2.75, 3.05) is 18.8 Å². The Labute approximate surface area is 149 Å². The topological polar surface area (TPSA) is 86.7 Å². The van der Waals surface area contributed by atoms with Gasteiger partial charge in [-0.15, -0.1) is 0 Å². The van der Waals surface area contributed by atoms with E-state index in [-0.39, 0.29) is 11.8 Å². The fourth-order valence-corrected chi connectivity index (χ4v) is 2.90. The molecule has 1 aromatic rings. The lowest BCUT2D eigenvalue weighted by Gasteiger charge is -2.27. The van der Waals surface area contributed by atoms with Crippen molar-refractivity contribution in [1.82, 2.24) is 10.2 Å². The maximum atomic E-state index is 8.61. The Morgan fingerprint density at radius 1 is 1.40 bits per heavy atom. The Balaban J connectivity index is 1.83. The maximum Gasteiger partial charge on any atom is 0.125 e. The third-order valence-corrected chi connectivity index (χ3v) is 4.83. The monoisotopic (exact) mass is 341 g/mol. The van der Waals surface area contributed by atoms with Gasteiger partial charge in [-0.2, -0.15) is 0 Å². The lowest BCUT2D eigenvalue weighted by molar-refractivity contribution is 0.200. The van der Waals surface area contributed by atoms with Crippen molar-refractivity contribution in [1.29, 1.82) is 5.41 Å². The highest BCUT2D eigenvalue weighted by Gasteiger charge is 2.40. The Bertz CT molecular complexity index is 717. The number of nitrogens with one attached hydrogen (secondary N) is 2. The van der Waals surface area contributed by atoms with Gasteiger partial charge in [-0.05, 0) is 57.1 Å². The van der Waals surface area contributed by atoms with Crippen molar-refractivity contribution in [3.8, 4) is 5.75 Å². The molecule has 0 spiro atoms. The molecule has 1 unspecified atom stereocenters. The molecule has 0 aromatic heterocycles. The van der Waals surface area contributed by atoms with E-state index in [0.29, 0.717) is 22.7 Å². The van der Waals surface area contributed by atoms with E-state index in [2.05, 4.69) is 36.0 Å². The Morgan fingerprint density at radius 2 is 2.12 bits per heavy atom. The van der Waals surface area contributed by atoms with Crippen LogP contribution in [-0.4, -0.2) is 41.8 Å². The van der Waals surface area contributed by atoms with Crippen molar-refractivity contribution >= 4 is 17.7 Å². The van der Waals surface area contributed by atoms with Gasteiger partial charge in [0, 0.05) is 11.3 Å². The minimum atomic E-state index is -0.0577. The van der Waals surface area contributed by atoms with Gasteiger partial charge in [0.15, 0.2) is 0 Å². The Morgan fingerprint density at radius 3 is 2.76 bits per heavy atom. The summed E-state index contributed by atoms with van der Waals surface area (Å²) in [6, 6.07) is 5.55. The van der Waals surface area contributed by atoms with E-state index in [9.17, 15) is 0 Å².